The molecule has 1 saturated carbocycles. The van der Waals surface area contributed by atoms with Gasteiger partial charge in [0, 0.05) is 5.56 Å². The Hall–Kier alpha value is -2.11. The van der Waals surface area contributed by atoms with Crippen molar-refractivity contribution in [3.63, 3.8) is 0 Å². The number of rotatable bonds is 5. The summed E-state index contributed by atoms with van der Waals surface area (Å²) in [5.41, 5.74) is -0.837. The maximum atomic E-state index is 13.3. The molecule has 1 unspecified atom stereocenters. The zero-order valence-corrected chi connectivity index (χ0v) is 11.3. The monoisotopic (exact) mass is 281 g/mol. The number of aliphatic carboxylic acids is 1. The van der Waals surface area contributed by atoms with Gasteiger partial charge in [-0.15, -0.1) is 0 Å². The van der Waals surface area contributed by atoms with E-state index in [-0.39, 0.29) is 0 Å². The molecule has 1 fully saturated rings. The van der Waals surface area contributed by atoms with E-state index in [1.165, 1.54) is 25.3 Å². The summed E-state index contributed by atoms with van der Waals surface area (Å²) in [6, 6.07) is 3.46. The molecule has 1 amide bonds. The van der Waals surface area contributed by atoms with E-state index in [2.05, 4.69) is 5.32 Å². The first-order chi connectivity index (χ1) is 9.40. The van der Waals surface area contributed by atoms with Crippen molar-refractivity contribution in [3.8, 4) is 5.75 Å². The predicted molar refractivity (Wildman–Crippen MR) is 68.8 cm³/mol. The van der Waals surface area contributed by atoms with Gasteiger partial charge in [-0.05, 0) is 38.0 Å². The van der Waals surface area contributed by atoms with E-state index in [0.717, 1.165) is 0 Å². The number of amides is 1. The lowest BCUT2D eigenvalue weighted by Crippen LogP contribution is -2.38. The predicted octanol–water partition coefficient (Wildman–Crippen LogP) is 1.88. The van der Waals surface area contributed by atoms with Gasteiger partial charge in [0.05, 0.1) is 13.2 Å². The van der Waals surface area contributed by atoms with Crippen LogP contribution in [-0.2, 0) is 9.59 Å². The van der Waals surface area contributed by atoms with Crippen LogP contribution < -0.4 is 10.1 Å². The van der Waals surface area contributed by atoms with Crippen LogP contribution in [0.3, 0.4) is 0 Å². The van der Waals surface area contributed by atoms with Crippen molar-refractivity contribution < 1.29 is 23.8 Å². The molecule has 5 nitrogen and oxygen atoms in total. The number of methoxy groups -OCH3 is 1. The van der Waals surface area contributed by atoms with Crippen LogP contribution in [0.5, 0.6) is 5.75 Å². The van der Waals surface area contributed by atoms with Gasteiger partial charge in [0.25, 0.3) is 0 Å². The van der Waals surface area contributed by atoms with E-state index in [4.69, 9.17) is 9.84 Å². The molecule has 0 aromatic heterocycles. The molecule has 1 atom stereocenters. The largest absolute Gasteiger partial charge is 0.496 e. The Balaban J connectivity index is 2.16. The van der Waals surface area contributed by atoms with Crippen molar-refractivity contribution in [1.29, 1.82) is 0 Å². The van der Waals surface area contributed by atoms with Gasteiger partial charge in [-0.25, -0.2) is 4.39 Å². The highest BCUT2D eigenvalue weighted by molar-refractivity contribution is 6.04. The first-order valence-electron chi connectivity index (χ1n) is 6.28. The smallest absolute Gasteiger partial charge is 0.319 e. The Morgan fingerprint density at radius 3 is 2.60 bits per heavy atom. The lowest BCUT2D eigenvalue weighted by atomic mass is 10.0. The number of halogens is 1. The van der Waals surface area contributed by atoms with Gasteiger partial charge in [0.2, 0.25) is 5.91 Å². The molecular weight excluding hydrogens is 265 g/mol. The van der Waals surface area contributed by atoms with Gasteiger partial charge in [-0.1, -0.05) is 0 Å². The Morgan fingerprint density at radius 1 is 1.45 bits per heavy atom. The lowest BCUT2D eigenvalue weighted by molar-refractivity contribution is -0.149. The Kier molecular flexibility index (Phi) is 3.65. The first kappa shape index (κ1) is 14.3. The summed E-state index contributed by atoms with van der Waals surface area (Å²) in [6.07, 6.45) is 0.669. The fourth-order valence-electron chi connectivity index (χ4n) is 2.12. The Labute approximate surface area is 115 Å². The van der Waals surface area contributed by atoms with E-state index < -0.39 is 29.2 Å². The highest BCUT2D eigenvalue weighted by Gasteiger charge is 2.57. The van der Waals surface area contributed by atoms with Crippen molar-refractivity contribution in [2.75, 3.05) is 7.11 Å². The van der Waals surface area contributed by atoms with Gasteiger partial charge < -0.3 is 15.2 Å². The number of hydrogen-bond acceptors (Lipinski definition) is 3. The standard InChI is InChI=1S/C14H16FNO4/c1-8(10-7-9(15)3-4-11(10)20-2)16-12(17)14(5-6-14)13(18)19/h3-4,7-8H,5-6H2,1-2H3,(H,16,17)(H,18,19). The number of carbonyl (C=O) groups is 2. The Morgan fingerprint density at radius 2 is 2.10 bits per heavy atom. The highest BCUT2D eigenvalue weighted by Crippen LogP contribution is 2.46. The number of hydrogen-bond donors (Lipinski definition) is 2. The molecule has 0 radical (unpaired) electrons. The fraction of sp³-hybridized carbons (Fsp3) is 0.429. The molecule has 1 aromatic rings. The minimum Gasteiger partial charge on any atom is -0.496 e. The van der Waals surface area contributed by atoms with E-state index >= 15 is 0 Å². The van der Waals surface area contributed by atoms with E-state index in [1.807, 2.05) is 0 Å². The molecule has 2 N–H and O–H groups in total. The number of carboxylic acid groups (broad SMARTS) is 1. The molecule has 1 aliphatic carbocycles. The minimum absolute atomic E-state index is 0.334. The highest BCUT2D eigenvalue weighted by atomic mass is 19.1. The summed E-state index contributed by atoms with van der Waals surface area (Å²) in [7, 11) is 1.45. The first-order valence-corrected chi connectivity index (χ1v) is 6.28. The van der Waals surface area contributed by atoms with E-state index in [0.29, 0.717) is 24.2 Å². The second-order valence-electron chi connectivity index (χ2n) is 4.97. The second kappa shape index (κ2) is 5.11. The van der Waals surface area contributed by atoms with Gasteiger partial charge in [0.1, 0.15) is 17.0 Å². The second-order valence-corrected chi connectivity index (χ2v) is 4.97. The SMILES string of the molecule is COc1ccc(F)cc1C(C)NC(=O)C1(C(=O)O)CC1. The summed E-state index contributed by atoms with van der Waals surface area (Å²) in [5.74, 6) is -1.65. The van der Waals surface area contributed by atoms with Crippen LogP contribution in [0.25, 0.3) is 0 Å². The fourth-order valence-corrected chi connectivity index (χ4v) is 2.12. The maximum absolute atomic E-state index is 13.3. The van der Waals surface area contributed by atoms with Crippen molar-refractivity contribution >= 4 is 11.9 Å². The van der Waals surface area contributed by atoms with Crippen molar-refractivity contribution in [2.24, 2.45) is 5.41 Å². The van der Waals surface area contributed by atoms with Gasteiger partial charge >= 0.3 is 5.97 Å². The zero-order valence-electron chi connectivity index (χ0n) is 11.3. The molecule has 0 saturated heterocycles. The summed E-state index contributed by atoms with van der Waals surface area (Å²) in [5, 5.41) is 11.7. The van der Waals surface area contributed by atoms with Crippen LogP contribution in [0.4, 0.5) is 4.39 Å². The van der Waals surface area contributed by atoms with Crippen LogP contribution in [0.2, 0.25) is 0 Å². The van der Waals surface area contributed by atoms with Gasteiger partial charge in [-0.2, -0.15) is 0 Å². The Bertz CT molecular complexity index is 554. The third-order valence-corrected chi connectivity index (χ3v) is 3.60. The molecular formula is C14H16FNO4. The minimum atomic E-state index is -1.31. The molecule has 0 aliphatic heterocycles. The van der Waals surface area contributed by atoms with Crippen LogP contribution in [-0.4, -0.2) is 24.1 Å². The number of nitrogens with one attached hydrogen (secondary N) is 1. The average molecular weight is 281 g/mol. The van der Waals surface area contributed by atoms with Crippen LogP contribution >= 0.6 is 0 Å². The summed E-state index contributed by atoms with van der Waals surface area (Å²) in [6.45, 7) is 1.66. The topological polar surface area (TPSA) is 75.6 Å². The molecule has 0 spiro atoms. The summed E-state index contributed by atoms with van der Waals surface area (Å²) >= 11 is 0. The lowest BCUT2D eigenvalue weighted by Gasteiger charge is -2.19. The van der Waals surface area contributed by atoms with Crippen LogP contribution in [0.15, 0.2) is 18.2 Å². The van der Waals surface area contributed by atoms with E-state index in [9.17, 15) is 14.0 Å². The normalized spacial score (nSPS) is 17.1. The summed E-state index contributed by atoms with van der Waals surface area (Å²) in [4.78, 5) is 23.1. The van der Waals surface area contributed by atoms with Crippen molar-refractivity contribution in [3.05, 3.63) is 29.6 Å². The van der Waals surface area contributed by atoms with Crippen LogP contribution in [0.1, 0.15) is 31.4 Å². The van der Waals surface area contributed by atoms with Crippen LogP contribution in [0, 0.1) is 11.2 Å². The van der Waals surface area contributed by atoms with E-state index in [1.54, 1.807) is 6.92 Å². The zero-order chi connectivity index (χ0) is 14.9. The molecule has 20 heavy (non-hydrogen) atoms. The molecule has 108 valence electrons. The number of carbonyl (C=O) groups excluding carboxylic acids is 1. The van der Waals surface area contributed by atoms with Crippen molar-refractivity contribution in [2.45, 2.75) is 25.8 Å². The maximum Gasteiger partial charge on any atom is 0.319 e. The number of carboxylic acids is 1. The van der Waals surface area contributed by atoms with Crippen molar-refractivity contribution in [1.82, 2.24) is 5.32 Å². The third kappa shape index (κ3) is 2.45. The molecule has 6 heteroatoms. The third-order valence-electron chi connectivity index (χ3n) is 3.60. The van der Waals surface area contributed by atoms with Gasteiger partial charge in [-0.3, -0.25) is 9.59 Å². The number of benzene rings is 1. The summed E-state index contributed by atoms with van der Waals surface area (Å²) < 4.78 is 18.4. The molecule has 0 bridgehead atoms. The average Bonchev–Trinajstić information content (AvgIpc) is 3.20. The quantitative estimate of drug-likeness (QED) is 0.808. The molecule has 2 rings (SSSR count). The molecule has 1 aromatic carbocycles. The number of ether oxygens (including phenoxy) is 1. The van der Waals surface area contributed by atoms with Gasteiger partial charge in [0.15, 0.2) is 0 Å². The molecule has 1 aliphatic rings. The molecule has 0 heterocycles.